The maximum atomic E-state index is 13.9. The van der Waals surface area contributed by atoms with Crippen LogP contribution < -0.4 is 4.74 Å². The summed E-state index contributed by atoms with van der Waals surface area (Å²) in [6.45, 7) is 4.96. The molecule has 3 rings (SSSR count). The highest BCUT2D eigenvalue weighted by molar-refractivity contribution is 7.89. The van der Waals surface area contributed by atoms with Gasteiger partial charge in [0.05, 0.1) is 18.7 Å². The number of carbonyl (C=O) groups excluding carboxylic acids is 1. The lowest BCUT2D eigenvalue weighted by Crippen LogP contribution is -2.50. The summed E-state index contributed by atoms with van der Waals surface area (Å²) in [5.74, 6) is 4.85. The molecule has 0 spiro atoms. The van der Waals surface area contributed by atoms with Gasteiger partial charge in [-0.25, -0.2) is 12.8 Å². The quantitative estimate of drug-likeness (QED) is 0.669. The summed E-state index contributed by atoms with van der Waals surface area (Å²) < 4.78 is 48.3. The lowest BCUT2D eigenvalue weighted by atomic mass is 10.0. The van der Waals surface area contributed by atoms with Crippen LogP contribution in [-0.2, 0) is 14.8 Å². The lowest BCUT2D eigenvalue weighted by Gasteiger charge is -2.37. The topological polar surface area (TPSA) is 87.2 Å². The van der Waals surface area contributed by atoms with Crippen LogP contribution in [0.3, 0.4) is 0 Å². The van der Waals surface area contributed by atoms with Crippen LogP contribution >= 0.6 is 0 Å². The number of amides is 1. The van der Waals surface area contributed by atoms with Crippen molar-refractivity contribution in [2.24, 2.45) is 5.92 Å². The zero-order chi connectivity index (χ0) is 25.0. The number of hydrogen-bond donors (Lipinski definition) is 1. The molecule has 7 nitrogen and oxygen atoms in total. The Balaban J connectivity index is 2.09. The number of likely N-dealkylation sites (N-methyl/N-ethyl adjacent to an activating group) is 1. The van der Waals surface area contributed by atoms with Gasteiger partial charge in [-0.2, -0.15) is 4.31 Å². The molecule has 0 unspecified atom stereocenters. The van der Waals surface area contributed by atoms with Crippen LogP contribution in [0, 0.1) is 23.6 Å². The highest BCUT2D eigenvalue weighted by Gasteiger charge is 2.38. The summed E-state index contributed by atoms with van der Waals surface area (Å²) in [5.41, 5.74) is 0.672. The van der Waals surface area contributed by atoms with Crippen molar-refractivity contribution in [1.82, 2.24) is 9.21 Å². The maximum Gasteiger partial charge on any atom is 0.247 e. The highest BCUT2D eigenvalue weighted by atomic mass is 32.2. The maximum absolute atomic E-state index is 13.9. The third-order valence-electron chi connectivity index (χ3n) is 5.87. The first kappa shape index (κ1) is 25.7. The SMILES string of the molecule is CC(=O)N(C)C[C@H]1Oc2cc(C#Cc3ccccc3F)ccc2S(=O)(=O)N([C@@H](C)CO)C[C@@H]1C. The monoisotopic (exact) mass is 488 g/mol. The average molecular weight is 489 g/mol. The Labute approximate surface area is 200 Å². The zero-order valence-electron chi connectivity index (χ0n) is 19.7. The highest BCUT2D eigenvalue weighted by Crippen LogP contribution is 2.34. The van der Waals surface area contributed by atoms with Gasteiger partial charge in [0.15, 0.2) is 0 Å². The van der Waals surface area contributed by atoms with Gasteiger partial charge in [-0.05, 0) is 37.3 Å². The summed E-state index contributed by atoms with van der Waals surface area (Å²) in [7, 11) is -2.33. The molecule has 0 aromatic heterocycles. The van der Waals surface area contributed by atoms with Crippen molar-refractivity contribution < 1.29 is 27.4 Å². The van der Waals surface area contributed by atoms with E-state index in [0.29, 0.717) is 5.56 Å². The molecule has 182 valence electrons. The molecule has 34 heavy (non-hydrogen) atoms. The van der Waals surface area contributed by atoms with Crippen LogP contribution in [0.25, 0.3) is 0 Å². The van der Waals surface area contributed by atoms with Crippen LogP contribution in [-0.4, -0.2) is 67.5 Å². The summed E-state index contributed by atoms with van der Waals surface area (Å²) in [6.07, 6.45) is -0.508. The minimum absolute atomic E-state index is 0.0494. The summed E-state index contributed by atoms with van der Waals surface area (Å²) in [5, 5.41) is 9.71. The molecular weight excluding hydrogens is 459 g/mol. The van der Waals surface area contributed by atoms with Gasteiger partial charge in [0, 0.05) is 38.0 Å². The third-order valence-corrected chi connectivity index (χ3v) is 7.89. The molecule has 1 N–H and O–H groups in total. The molecule has 0 bridgehead atoms. The van der Waals surface area contributed by atoms with Gasteiger partial charge in [-0.3, -0.25) is 4.79 Å². The predicted octanol–water partition coefficient (Wildman–Crippen LogP) is 2.47. The molecule has 0 saturated heterocycles. The second-order valence-electron chi connectivity index (χ2n) is 8.53. The molecule has 0 fully saturated rings. The van der Waals surface area contributed by atoms with Crippen molar-refractivity contribution >= 4 is 15.9 Å². The summed E-state index contributed by atoms with van der Waals surface area (Å²) in [4.78, 5) is 13.3. The van der Waals surface area contributed by atoms with Crippen molar-refractivity contribution in [3.8, 4) is 17.6 Å². The molecule has 3 atom stereocenters. The van der Waals surface area contributed by atoms with Gasteiger partial charge in [0.1, 0.15) is 22.6 Å². The number of halogens is 1. The number of aliphatic hydroxyl groups excluding tert-OH is 1. The Kier molecular flexibility index (Phi) is 7.97. The normalized spacial score (nSPS) is 20.5. The molecule has 2 aromatic rings. The number of sulfonamides is 1. The van der Waals surface area contributed by atoms with E-state index in [1.165, 1.54) is 40.4 Å². The number of carbonyl (C=O) groups is 1. The van der Waals surface area contributed by atoms with E-state index in [0.717, 1.165) is 0 Å². The fraction of sp³-hybridized carbons (Fsp3) is 0.400. The molecule has 1 aliphatic heterocycles. The minimum Gasteiger partial charge on any atom is -0.487 e. The van der Waals surface area contributed by atoms with Gasteiger partial charge in [-0.15, -0.1) is 0 Å². The molecule has 9 heteroatoms. The first-order valence-corrected chi connectivity index (χ1v) is 12.4. The third kappa shape index (κ3) is 5.58. The van der Waals surface area contributed by atoms with Crippen molar-refractivity contribution in [3.05, 3.63) is 59.4 Å². The van der Waals surface area contributed by atoms with Crippen molar-refractivity contribution in [3.63, 3.8) is 0 Å². The van der Waals surface area contributed by atoms with Crippen molar-refractivity contribution in [2.45, 2.75) is 37.8 Å². The number of nitrogens with zero attached hydrogens (tertiary/aromatic N) is 2. The molecule has 1 aliphatic rings. The molecule has 0 aliphatic carbocycles. The van der Waals surface area contributed by atoms with Gasteiger partial charge < -0.3 is 14.7 Å². The number of hydrogen-bond acceptors (Lipinski definition) is 5. The van der Waals surface area contributed by atoms with E-state index in [1.807, 2.05) is 6.92 Å². The lowest BCUT2D eigenvalue weighted by molar-refractivity contribution is -0.129. The van der Waals surface area contributed by atoms with E-state index in [1.54, 1.807) is 32.2 Å². The zero-order valence-corrected chi connectivity index (χ0v) is 20.5. The Bertz CT molecular complexity index is 1220. The van der Waals surface area contributed by atoms with Crippen LogP contribution in [0.4, 0.5) is 4.39 Å². The molecule has 0 radical (unpaired) electrons. The smallest absolute Gasteiger partial charge is 0.247 e. The van der Waals surface area contributed by atoms with E-state index in [9.17, 15) is 22.7 Å². The standard InChI is InChI=1S/C25H29FN2O5S/c1-17-14-28(18(2)16-29)34(31,32)25-12-10-20(9-11-21-7-5-6-8-22(21)26)13-23(25)33-24(17)15-27(4)19(3)30/h5-8,10,12-13,17-18,24,29H,14-16H2,1-4H3/t17-,18-,24+/m0/s1. The Morgan fingerprint density at radius 3 is 2.65 bits per heavy atom. The average Bonchev–Trinajstić information content (AvgIpc) is 2.80. The second-order valence-corrected chi connectivity index (χ2v) is 10.4. The van der Waals surface area contributed by atoms with Crippen LogP contribution in [0.5, 0.6) is 5.75 Å². The van der Waals surface area contributed by atoms with E-state index >= 15 is 0 Å². The largest absolute Gasteiger partial charge is 0.487 e. The van der Waals surface area contributed by atoms with E-state index < -0.39 is 28.0 Å². The van der Waals surface area contributed by atoms with Gasteiger partial charge in [0.25, 0.3) is 0 Å². The van der Waals surface area contributed by atoms with Gasteiger partial charge in [0.2, 0.25) is 15.9 Å². The predicted molar refractivity (Wildman–Crippen MR) is 126 cm³/mol. The van der Waals surface area contributed by atoms with E-state index in [-0.39, 0.29) is 47.7 Å². The Hall–Kier alpha value is -2.93. The molecule has 1 heterocycles. The van der Waals surface area contributed by atoms with E-state index in [2.05, 4.69) is 11.8 Å². The number of fused-ring (bicyclic) bond motifs is 1. The number of benzene rings is 2. The van der Waals surface area contributed by atoms with Crippen LogP contribution in [0.1, 0.15) is 31.9 Å². The first-order valence-electron chi connectivity index (χ1n) is 11.0. The van der Waals surface area contributed by atoms with Gasteiger partial charge >= 0.3 is 0 Å². The fourth-order valence-corrected chi connectivity index (χ4v) is 5.45. The Morgan fingerprint density at radius 1 is 1.29 bits per heavy atom. The number of rotatable bonds is 4. The van der Waals surface area contributed by atoms with Crippen LogP contribution in [0.2, 0.25) is 0 Å². The summed E-state index contributed by atoms with van der Waals surface area (Å²) >= 11 is 0. The van der Waals surface area contributed by atoms with Crippen molar-refractivity contribution in [2.75, 3.05) is 26.7 Å². The number of aliphatic hydroxyl groups is 1. The Morgan fingerprint density at radius 2 is 2.00 bits per heavy atom. The molecule has 2 aromatic carbocycles. The molecular formula is C25H29FN2O5S. The summed E-state index contributed by atoms with van der Waals surface area (Å²) in [6, 6.07) is 9.94. The van der Waals surface area contributed by atoms with Crippen molar-refractivity contribution in [1.29, 1.82) is 0 Å². The van der Waals surface area contributed by atoms with Crippen LogP contribution in [0.15, 0.2) is 47.4 Å². The second kappa shape index (κ2) is 10.6. The van der Waals surface area contributed by atoms with Gasteiger partial charge in [-0.1, -0.05) is 30.9 Å². The fourth-order valence-electron chi connectivity index (χ4n) is 3.62. The molecule has 0 saturated carbocycles. The minimum atomic E-state index is -3.99. The molecule has 1 amide bonds. The van der Waals surface area contributed by atoms with E-state index in [4.69, 9.17) is 4.74 Å². The first-order chi connectivity index (χ1) is 16.0. The number of ether oxygens (including phenoxy) is 1.